The molecule has 0 spiro atoms. The van der Waals surface area contributed by atoms with Gasteiger partial charge in [0.15, 0.2) is 0 Å². The van der Waals surface area contributed by atoms with Crippen LogP contribution in [0.3, 0.4) is 0 Å². The van der Waals surface area contributed by atoms with Gasteiger partial charge in [-0.3, -0.25) is 4.79 Å². The third kappa shape index (κ3) is 3.41. The van der Waals surface area contributed by atoms with Crippen LogP contribution in [0.4, 0.5) is 0 Å². The second kappa shape index (κ2) is 7.30. The Hall–Kier alpha value is -2.03. The summed E-state index contributed by atoms with van der Waals surface area (Å²) in [7, 11) is 0. The van der Waals surface area contributed by atoms with Crippen molar-refractivity contribution in [1.29, 1.82) is 0 Å². The van der Waals surface area contributed by atoms with E-state index in [1.807, 2.05) is 36.1 Å². The van der Waals surface area contributed by atoms with E-state index < -0.39 is 0 Å². The minimum Gasteiger partial charge on any atom is -0.339 e. The lowest BCUT2D eigenvalue weighted by Crippen LogP contribution is -2.31. The number of carbonyl (C=O) groups is 1. The van der Waals surface area contributed by atoms with E-state index in [0.717, 1.165) is 37.2 Å². The first-order valence-electron chi connectivity index (χ1n) is 8.13. The van der Waals surface area contributed by atoms with Crippen LogP contribution in [-0.2, 0) is 0 Å². The third-order valence-electron chi connectivity index (χ3n) is 4.09. The minimum atomic E-state index is 0.128. The third-order valence-corrected chi connectivity index (χ3v) is 4.09. The summed E-state index contributed by atoms with van der Waals surface area (Å²) in [6, 6.07) is 12.1. The summed E-state index contributed by atoms with van der Waals surface area (Å²) >= 11 is 0. The van der Waals surface area contributed by atoms with Gasteiger partial charge < -0.3 is 9.47 Å². The highest BCUT2D eigenvalue weighted by Crippen LogP contribution is 2.17. The van der Waals surface area contributed by atoms with Crippen LogP contribution in [0.5, 0.6) is 0 Å². The molecule has 0 N–H and O–H groups in total. The monoisotopic (exact) mass is 298 g/mol. The van der Waals surface area contributed by atoms with Crippen LogP contribution in [-0.4, -0.2) is 28.5 Å². The van der Waals surface area contributed by atoms with Gasteiger partial charge in [0.1, 0.15) is 0 Å². The molecule has 0 aliphatic rings. The Kier molecular flexibility index (Phi) is 5.42. The van der Waals surface area contributed by atoms with Gasteiger partial charge in [-0.05, 0) is 63.6 Å². The molecule has 1 heterocycles. The Labute approximate surface area is 133 Å². The van der Waals surface area contributed by atoms with E-state index in [-0.39, 0.29) is 5.91 Å². The quantitative estimate of drug-likeness (QED) is 0.778. The zero-order valence-electron chi connectivity index (χ0n) is 14.1. The number of benzene rings is 1. The van der Waals surface area contributed by atoms with Crippen molar-refractivity contribution < 1.29 is 4.79 Å². The van der Waals surface area contributed by atoms with Gasteiger partial charge in [0.05, 0.1) is 0 Å². The number of hydrogen-bond acceptors (Lipinski definition) is 1. The predicted octanol–water partition coefficient (Wildman–Crippen LogP) is 4.36. The molecule has 0 aliphatic heterocycles. The number of aryl methyl sites for hydroxylation is 2. The molecule has 22 heavy (non-hydrogen) atoms. The van der Waals surface area contributed by atoms with Crippen LogP contribution in [0.15, 0.2) is 36.4 Å². The largest absolute Gasteiger partial charge is 0.339 e. The molecule has 3 heteroatoms. The smallest absolute Gasteiger partial charge is 0.253 e. The van der Waals surface area contributed by atoms with Gasteiger partial charge in [0.25, 0.3) is 5.91 Å². The SMILES string of the molecule is CCCCN(CC)C(=O)c1ccc(-n2c(C)ccc2C)cc1. The van der Waals surface area contributed by atoms with E-state index in [1.54, 1.807) is 0 Å². The summed E-state index contributed by atoms with van der Waals surface area (Å²) in [5.74, 6) is 0.128. The second-order valence-corrected chi connectivity index (χ2v) is 5.74. The van der Waals surface area contributed by atoms with Gasteiger partial charge in [0.2, 0.25) is 0 Å². The van der Waals surface area contributed by atoms with Crippen molar-refractivity contribution in [2.45, 2.75) is 40.5 Å². The van der Waals surface area contributed by atoms with Crippen LogP contribution in [0.1, 0.15) is 48.4 Å². The van der Waals surface area contributed by atoms with Gasteiger partial charge in [0, 0.05) is 35.7 Å². The van der Waals surface area contributed by atoms with Crippen LogP contribution in [0.25, 0.3) is 5.69 Å². The molecule has 3 nitrogen and oxygen atoms in total. The Balaban J connectivity index is 2.19. The van der Waals surface area contributed by atoms with E-state index in [0.29, 0.717) is 0 Å². The van der Waals surface area contributed by atoms with Crippen molar-refractivity contribution in [3.63, 3.8) is 0 Å². The number of nitrogens with zero attached hydrogens (tertiary/aromatic N) is 2. The molecule has 0 fully saturated rings. The van der Waals surface area contributed by atoms with E-state index in [1.165, 1.54) is 11.4 Å². The molecule has 1 amide bonds. The number of carbonyl (C=O) groups excluding carboxylic acids is 1. The fraction of sp³-hybridized carbons (Fsp3) is 0.421. The lowest BCUT2D eigenvalue weighted by Gasteiger charge is -2.21. The zero-order chi connectivity index (χ0) is 16.1. The first-order chi connectivity index (χ1) is 10.6. The van der Waals surface area contributed by atoms with E-state index in [2.05, 4.69) is 37.5 Å². The maximum Gasteiger partial charge on any atom is 0.253 e. The van der Waals surface area contributed by atoms with Crippen molar-refractivity contribution in [2.75, 3.05) is 13.1 Å². The summed E-state index contributed by atoms with van der Waals surface area (Å²) in [6.45, 7) is 9.97. The van der Waals surface area contributed by atoms with E-state index in [4.69, 9.17) is 0 Å². The van der Waals surface area contributed by atoms with Crippen LogP contribution in [0, 0.1) is 13.8 Å². The fourth-order valence-corrected chi connectivity index (χ4v) is 2.76. The van der Waals surface area contributed by atoms with Crippen LogP contribution >= 0.6 is 0 Å². The normalized spacial score (nSPS) is 10.7. The second-order valence-electron chi connectivity index (χ2n) is 5.74. The highest BCUT2D eigenvalue weighted by molar-refractivity contribution is 5.94. The molecule has 2 rings (SSSR count). The number of hydrogen-bond donors (Lipinski definition) is 0. The Morgan fingerprint density at radius 1 is 1.00 bits per heavy atom. The molecule has 1 aromatic carbocycles. The summed E-state index contributed by atoms with van der Waals surface area (Å²) in [6.07, 6.45) is 2.16. The lowest BCUT2D eigenvalue weighted by atomic mass is 10.1. The maximum atomic E-state index is 12.5. The van der Waals surface area contributed by atoms with Crippen LogP contribution in [0.2, 0.25) is 0 Å². The predicted molar refractivity (Wildman–Crippen MR) is 91.7 cm³/mol. The number of unbranched alkanes of at least 4 members (excludes halogenated alkanes) is 1. The molecule has 0 saturated carbocycles. The van der Waals surface area contributed by atoms with Crippen molar-refractivity contribution in [3.8, 4) is 5.69 Å². The summed E-state index contributed by atoms with van der Waals surface area (Å²) in [4.78, 5) is 14.5. The summed E-state index contributed by atoms with van der Waals surface area (Å²) in [5.41, 5.74) is 4.28. The van der Waals surface area contributed by atoms with Crippen LogP contribution < -0.4 is 0 Å². The van der Waals surface area contributed by atoms with Gasteiger partial charge in [-0.25, -0.2) is 0 Å². The van der Waals surface area contributed by atoms with Crippen molar-refractivity contribution in [3.05, 3.63) is 53.3 Å². The fourth-order valence-electron chi connectivity index (χ4n) is 2.76. The first kappa shape index (κ1) is 16.3. The summed E-state index contributed by atoms with van der Waals surface area (Å²) < 4.78 is 2.20. The van der Waals surface area contributed by atoms with E-state index >= 15 is 0 Å². The minimum absolute atomic E-state index is 0.128. The number of amides is 1. The van der Waals surface area contributed by atoms with Gasteiger partial charge in [-0.1, -0.05) is 13.3 Å². The van der Waals surface area contributed by atoms with Crippen molar-refractivity contribution in [1.82, 2.24) is 9.47 Å². The molecule has 0 atom stereocenters. The van der Waals surface area contributed by atoms with Gasteiger partial charge >= 0.3 is 0 Å². The average molecular weight is 298 g/mol. The Bertz CT molecular complexity index is 606. The standard InChI is InChI=1S/C19H26N2O/c1-5-7-14-20(6-2)19(22)17-10-12-18(13-11-17)21-15(3)8-9-16(21)4/h8-13H,5-7,14H2,1-4H3. The van der Waals surface area contributed by atoms with E-state index in [9.17, 15) is 4.79 Å². The first-order valence-corrected chi connectivity index (χ1v) is 8.13. The van der Waals surface area contributed by atoms with Gasteiger partial charge in [-0.15, -0.1) is 0 Å². The summed E-state index contributed by atoms with van der Waals surface area (Å²) in [5, 5.41) is 0. The average Bonchev–Trinajstić information content (AvgIpc) is 2.87. The van der Waals surface area contributed by atoms with Crippen molar-refractivity contribution in [2.24, 2.45) is 0 Å². The molecule has 0 radical (unpaired) electrons. The zero-order valence-corrected chi connectivity index (χ0v) is 14.1. The molecule has 0 saturated heterocycles. The molecule has 118 valence electrons. The van der Waals surface area contributed by atoms with Gasteiger partial charge in [-0.2, -0.15) is 0 Å². The number of rotatable bonds is 6. The molecular formula is C19H26N2O. The molecule has 1 aromatic heterocycles. The lowest BCUT2D eigenvalue weighted by molar-refractivity contribution is 0.0762. The number of aromatic nitrogens is 1. The topological polar surface area (TPSA) is 25.2 Å². The molecular weight excluding hydrogens is 272 g/mol. The molecule has 2 aromatic rings. The maximum absolute atomic E-state index is 12.5. The van der Waals surface area contributed by atoms with Crippen molar-refractivity contribution >= 4 is 5.91 Å². The molecule has 0 aliphatic carbocycles. The Morgan fingerprint density at radius 2 is 1.59 bits per heavy atom. The highest BCUT2D eigenvalue weighted by Gasteiger charge is 2.13. The Morgan fingerprint density at radius 3 is 2.09 bits per heavy atom. The highest BCUT2D eigenvalue weighted by atomic mass is 16.2. The molecule has 0 bridgehead atoms. The molecule has 0 unspecified atom stereocenters.